The molecule has 19 unspecified atom stereocenters. The Morgan fingerprint density at radius 1 is 0.855 bits per heavy atom. The standard InChI is InChI=1S/C40H62O15/c1-16(2)18(4)23(42)13-17(3)25-28(44)29(45)26-21-8-7-19-14-20(9-11-39(19,5)22(21)10-12-40(25,26)6)52-38-35(32(48)31(47)34(54-38)36(50)51)55-37-33(49)30(46)27(43)24(15-41)53-37/h16-22,24,26-27,30-35,37-38,41,43-44,46-49H,7-15H2,1-6H3,(H,50,51). The lowest BCUT2D eigenvalue weighted by Gasteiger charge is -2.60. The number of carboxylic acid groups (broad SMARTS) is 1. The number of ether oxygens (including phenoxy) is 4. The van der Waals surface area contributed by atoms with E-state index in [4.69, 9.17) is 18.9 Å². The van der Waals surface area contributed by atoms with Crippen molar-refractivity contribution in [1.82, 2.24) is 0 Å². The van der Waals surface area contributed by atoms with Crippen molar-refractivity contribution in [3.8, 4) is 0 Å². The number of fused-ring (bicyclic) bond motifs is 5. The summed E-state index contributed by atoms with van der Waals surface area (Å²) in [6.45, 7) is 11.6. The van der Waals surface area contributed by atoms with Crippen LogP contribution in [0.1, 0.15) is 92.9 Å². The van der Waals surface area contributed by atoms with Crippen molar-refractivity contribution < 1.29 is 74.2 Å². The minimum Gasteiger partial charge on any atom is -0.504 e. The van der Waals surface area contributed by atoms with E-state index in [-0.39, 0.29) is 70.6 Å². The Bertz CT molecular complexity index is 1480. The Balaban J connectivity index is 1.16. The van der Waals surface area contributed by atoms with Crippen LogP contribution in [0, 0.1) is 52.3 Å². The van der Waals surface area contributed by atoms with Gasteiger partial charge in [0.2, 0.25) is 5.78 Å². The van der Waals surface area contributed by atoms with Gasteiger partial charge in [-0.25, -0.2) is 4.79 Å². The van der Waals surface area contributed by atoms with E-state index in [1.54, 1.807) is 0 Å². The number of ketones is 2. The summed E-state index contributed by atoms with van der Waals surface area (Å²) >= 11 is 0. The monoisotopic (exact) mass is 782 g/mol. The van der Waals surface area contributed by atoms with E-state index in [1.807, 2.05) is 27.7 Å². The summed E-state index contributed by atoms with van der Waals surface area (Å²) in [5.41, 5.74) is 0.0257. The molecule has 6 aliphatic rings. The molecule has 2 aliphatic heterocycles. The van der Waals surface area contributed by atoms with E-state index >= 15 is 0 Å². The number of Topliss-reactive ketones (excluding diaryl/α,β-unsaturated/α-hetero) is 2. The molecule has 15 heteroatoms. The van der Waals surface area contributed by atoms with Crippen LogP contribution in [0.25, 0.3) is 0 Å². The maximum atomic E-state index is 14.0. The van der Waals surface area contributed by atoms with Crippen molar-refractivity contribution in [2.75, 3.05) is 6.61 Å². The molecule has 0 spiro atoms. The number of carbonyl (C=O) groups excluding carboxylic acids is 2. The first-order chi connectivity index (χ1) is 25.8. The minimum absolute atomic E-state index is 0.0491. The number of rotatable bonds is 11. The molecule has 0 radical (unpaired) electrons. The summed E-state index contributed by atoms with van der Waals surface area (Å²) in [5, 5.41) is 83.7. The summed E-state index contributed by atoms with van der Waals surface area (Å²) in [4.78, 5) is 39.1. The van der Waals surface area contributed by atoms with Gasteiger partial charge >= 0.3 is 5.97 Å². The Hall–Kier alpha value is -2.05. The molecule has 0 bridgehead atoms. The largest absolute Gasteiger partial charge is 0.504 e. The number of carboxylic acids is 1. The van der Waals surface area contributed by atoms with Crippen molar-refractivity contribution in [2.45, 2.75) is 160 Å². The second-order valence-corrected chi connectivity index (χ2v) is 18.3. The van der Waals surface area contributed by atoms with Crippen LogP contribution in [0.4, 0.5) is 0 Å². The van der Waals surface area contributed by atoms with E-state index in [0.717, 1.165) is 24.8 Å². The Morgan fingerprint density at radius 3 is 2.18 bits per heavy atom. The Labute approximate surface area is 322 Å². The maximum Gasteiger partial charge on any atom is 0.335 e. The van der Waals surface area contributed by atoms with Crippen LogP contribution in [0.15, 0.2) is 11.3 Å². The zero-order valence-electron chi connectivity index (χ0n) is 32.7. The zero-order valence-corrected chi connectivity index (χ0v) is 32.7. The molecular weight excluding hydrogens is 720 g/mol. The van der Waals surface area contributed by atoms with Gasteiger partial charge in [-0.1, -0.05) is 41.5 Å². The van der Waals surface area contributed by atoms with Crippen LogP contribution < -0.4 is 0 Å². The molecule has 19 atom stereocenters. The molecule has 312 valence electrons. The third-order valence-electron chi connectivity index (χ3n) is 14.9. The lowest BCUT2D eigenvalue weighted by Crippen LogP contribution is -2.65. The van der Waals surface area contributed by atoms with Crippen LogP contribution >= 0.6 is 0 Å². The molecule has 0 aromatic carbocycles. The molecule has 3 saturated carbocycles. The molecule has 2 heterocycles. The van der Waals surface area contributed by atoms with Gasteiger partial charge in [0.25, 0.3) is 0 Å². The summed E-state index contributed by atoms with van der Waals surface area (Å²) in [6.07, 6.45) is -12.4. The van der Waals surface area contributed by atoms with E-state index in [1.165, 1.54) is 0 Å². The fourth-order valence-electron chi connectivity index (χ4n) is 11.5. The van der Waals surface area contributed by atoms with Gasteiger partial charge in [0.1, 0.15) is 48.5 Å². The lowest BCUT2D eigenvalue weighted by atomic mass is 9.44. The predicted molar refractivity (Wildman–Crippen MR) is 192 cm³/mol. The number of aliphatic hydroxyl groups is 7. The van der Waals surface area contributed by atoms with E-state index in [2.05, 4.69) is 13.8 Å². The van der Waals surface area contributed by atoms with Gasteiger partial charge in [-0.3, -0.25) is 9.59 Å². The molecule has 8 N–H and O–H groups in total. The number of hydrogen-bond acceptors (Lipinski definition) is 14. The average Bonchev–Trinajstić information content (AvgIpc) is 3.34. The summed E-state index contributed by atoms with van der Waals surface area (Å²) < 4.78 is 23.3. The number of allylic oxidation sites excluding steroid dienone is 2. The fraction of sp³-hybridized carbons (Fsp3) is 0.875. The summed E-state index contributed by atoms with van der Waals surface area (Å²) in [6, 6.07) is 0. The van der Waals surface area contributed by atoms with Gasteiger partial charge < -0.3 is 59.8 Å². The Kier molecular flexibility index (Phi) is 12.3. The SMILES string of the molecule is CC(CC(=O)C(C)C(C)C)C1=C(O)C(=O)C2C3CCC4CC(OC5OC(C(=O)O)C(O)C(O)C5OC5OC(CO)C(O)C(O)C5O)CCC4(C)C3CCC12C. The Morgan fingerprint density at radius 2 is 1.55 bits per heavy atom. The summed E-state index contributed by atoms with van der Waals surface area (Å²) in [5.74, 6) is -1.91. The van der Waals surface area contributed by atoms with Crippen LogP contribution in [0.2, 0.25) is 0 Å². The molecule has 2 saturated heterocycles. The fourth-order valence-corrected chi connectivity index (χ4v) is 11.5. The number of hydrogen-bond donors (Lipinski definition) is 8. The third-order valence-corrected chi connectivity index (χ3v) is 14.9. The van der Waals surface area contributed by atoms with Crippen LogP contribution in [-0.2, 0) is 33.3 Å². The van der Waals surface area contributed by atoms with Gasteiger partial charge in [-0.05, 0) is 85.5 Å². The van der Waals surface area contributed by atoms with E-state index < -0.39 is 85.5 Å². The van der Waals surface area contributed by atoms with Gasteiger partial charge in [0.05, 0.1) is 12.7 Å². The van der Waals surface area contributed by atoms with Gasteiger partial charge in [0, 0.05) is 23.7 Å². The molecule has 0 amide bonds. The van der Waals surface area contributed by atoms with Crippen LogP contribution in [0.3, 0.4) is 0 Å². The number of aliphatic hydroxyl groups excluding tert-OH is 7. The first-order valence-corrected chi connectivity index (χ1v) is 20.1. The maximum absolute atomic E-state index is 14.0. The van der Waals surface area contributed by atoms with Gasteiger partial charge in [0.15, 0.2) is 24.4 Å². The molecular formula is C40H62O15. The van der Waals surface area contributed by atoms with Crippen molar-refractivity contribution in [3.63, 3.8) is 0 Å². The highest BCUT2D eigenvalue weighted by Gasteiger charge is 2.64. The van der Waals surface area contributed by atoms with Crippen LogP contribution in [-0.4, -0.2) is 133 Å². The molecule has 6 rings (SSSR count). The minimum atomic E-state index is -1.95. The van der Waals surface area contributed by atoms with Crippen LogP contribution in [0.5, 0.6) is 0 Å². The topological polar surface area (TPSA) is 250 Å². The van der Waals surface area contributed by atoms with Crippen molar-refractivity contribution in [2.24, 2.45) is 52.3 Å². The van der Waals surface area contributed by atoms with E-state index in [9.17, 15) is 55.2 Å². The van der Waals surface area contributed by atoms with E-state index in [0.29, 0.717) is 25.7 Å². The van der Waals surface area contributed by atoms with Crippen molar-refractivity contribution in [3.05, 3.63) is 11.3 Å². The highest BCUT2D eigenvalue weighted by atomic mass is 16.8. The van der Waals surface area contributed by atoms with Gasteiger partial charge in [-0.2, -0.15) is 0 Å². The first-order valence-electron chi connectivity index (χ1n) is 20.1. The number of carbonyl (C=O) groups is 3. The highest BCUT2D eigenvalue weighted by molar-refractivity contribution is 6.00. The van der Waals surface area contributed by atoms with Gasteiger partial charge in [-0.15, -0.1) is 0 Å². The molecule has 0 aromatic heterocycles. The third kappa shape index (κ3) is 7.33. The second kappa shape index (κ2) is 16.0. The lowest BCUT2D eigenvalue weighted by molar-refractivity contribution is -0.369. The van der Waals surface area contributed by atoms with Crippen molar-refractivity contribution >= 4 is 17.5 Å². The number of aliphatic carboxylic acids is 1. The zero-order chi connectivity index (χ0) is 40.5. The highest BCUT2D eigenvalue weighted by Crippen LogP contribution is 2.67. The average molecular weight is 783 g/mol. The molecule has 5 fully saturated rings. The second-order valence-electron chi connectivity index (χ2n) is 18.3. The predicted octanol–water partition coefficient (Wildman–Crippen LogP) is 1.62. The quantitative estimate of drug-likeness (QED) is 0.139. The van der Waals surface area contributed by atoms with Crippen molar-refractivity contribution in [1.29, 1.82) is 0 Å². The molecule has 55 heavy (non-hydrogen) atoms. The first kappa shape index (κ1) is 42.6. The normalized spacial score (nSPS) is 47.1. The molecule has 4 aliphatic carbocycles. The molecule has 0 aromatic rings. The molecule has 15 nitrogen and oxygen atoms in total. The summed E-state index contributed by atoms with van der Waals surface area (Å²) in [7, 11) is 0. The smallest absolute Gasteiger partial charge is 0.335 e.